The van der Waals surface area contributed by atoms with Crippen molar-refractivity contribution in [1.29, 1.82) is 0 Å². The molecule has 0 aliphatic heterocycles. The van der Waals surface area contributed by atoms with Crippen molar-refractivity contribution in [3.63, 3.8) is 0 Å². The van der Waals surface area contributed by atoms with Crippen molar-refractivity contribution in [2.45, 2.75) is 31.3 Å². The standard InChI is InChI=1S/C22H31FN4O3S/c1-5-27(6-2)31(29,30)20-12-10-17(11-13-20)15-24-22(28)25-16-21(26(3)4)18-8-7-9-19(23)14-18/h7-14,21H,5-6,15-16H2,1-4H3,(H2,24,25,28). The molecule has 170 valence electrons. The highest BCUT2D eigenvalue weighted by molar-refractivity contribution is 7.89. The smallest absolute Gasteiger partial charge is 0.315 e. The number of nitrogens with one attached hydrogen (secondary N) is 2. The number of nitrogens with zero attached hydrogens (tertiary/aromatic N) is 2. The molecule has 1 unspecified atom stereocenters. The molecule has 0 bridgehead atoms. The van der Waals surface area contributed by atoms with E-state index >= 15 is 0 Å². The van der Waals surface area contributed by atoms with Gasteiger partial charge in [0.05, 0.1) is 10.9 Å². The second-order valence-corrected chi connectivity index (χ2v) is 9.27. The number of carbonyl (C=O) groups is 1. The Morgan fingerprint density at radius 1 is 1.03 bits per heavy atom. The van der Waals surface area contributed by atoms with Gasteiger partial charge in [-0.2, -0.15) is 4.31 Å². The largest absolute Gasteiger partial charge is 0.336 e. The minimum Gasteiger partial charge on any atom is -0.336 e. The van der Waals surface area contributed by atoms with E-state index in [1.165, 1.54) is 16.4 Å². The van der Waals surface area contributed by atoms with Gasteiger partial charge in [0.25, 0.3) is 0 Å². The Bertz CT molecular complexity index is 961. The maximum Gasteiger partial charge on any atom is 0.315 e. The van der Waals surface area contributed by atoms with Crippen LogP contribution in [0.5, 0.6) is 0 Å². The van der Waals surface area contributed by atoms with Crippen LogP contribution in [0.15, 0.2) is 53.4 Å². The third kappa shape index (κ3) is 6.75. The fourth-order valence-electron chi connectivity index (χ4n) is 3.24. The normalized spacial score (nSPS) is 12.7. The van der Waals surface area contributed by atoms with E-state index in [0.29, 0.717) is 19.6 Å². The van der Waals surface area contributed by atoms with Gasteiger partial charge in [0, 0.05) is 26.2 Å². The minimum absolute atomic E-state index is 0.175. The minimum atomic E-state index is -3.50. The van der Waals surface area contributed by atoms with E-state index in [4.69, 9.17) is 0 Å². The highest BCUT2D eigenvalue weighted by Gasteiger charge is 2.21. The number of benzene rings is 2. The van der Waals surface area contributed by atoms with Gasteiger partial charge >= 0.3 is 6.03 Å². The molecule has 0 radical (unpaired) electrons. The molecular weight excluding hydrogens is 419 g/mol. The molecule has 9 heteroatoms. The van der Waals surface area contributed by atoms with Crippen LogP contribution in [0.25, 0.3) is 0 Å². The number of urea groups is 1. The summed E-state index contributed by atoms with van der Waals surface area (Å²) in [6.45, 7) is 4.98. The van der Waals surface area contributed by atoms with Crippen molar-refractivity contribution in [1.82, 2.24) is 19.8 Å². The fourth-order valence-corrected chi connectivity index (χ4v) is 4.70. The first-order valence-corrected chi connectivity index (χ1v) is 11.7. The van der Waals surface area contributed by atoms with Crippen molar-refractivity contribution in [2.24, 2.45) is 0 Å². The van der Waals surface area contributed by atoms with Gasteiger partial charge in [-0.1, -0.05) is 38.1 Å². The van der Waals surface area contributed by atoms with Gasteiger partial charge < -0.3 is 15.5 Å². The van der Waals surface area contributed by atoms with Crippen molar-refractivity contribution in [3.05, 3.63) is 65.5 Å². The first kappa shape index (κ1) is 24.8. The summed E-state index contributed by atoms with van der Waals surface area (Å²) in [6.07, 6.45) is 0. The number of likely N-dealkylation sites (N-methyl/N-ethyl adjacent to an activating group) is 1. The Morgan fingerprint density at radius 2 is 1.68 bits per heavy atom. The molecule has 0 saturated carbocycles. The van der Waals surface area contributed by atoms with Crippen LogP contribution in [0.4, 0.5) is 9.18 Å². The zero-order valence-electron chi connectivity index (χ0n) is 18.4. The van der Waals surface area contributed by atoms with Gasteiger partial charge in [0.1, 0.15) is 5.82 Å². The van der Waals surface area contributed by atoms with Crippen LogP contribution in [-0.4, -0.2) is 57.4 Å². The third-order valence-corrected chi connectivity index (χ3v) is 7.10. The summed E-state index contributed by atoms with van der Waals surface area (Å²) in [5.74, 6) is -0.319. The van der Waals surface area contributed by atoms with E-state index in [2.05, 4.69) is 10.6 Å². The Kier molecular flexibility index (Phi) is 8.97. The predicted molar refractivity (Wildman–Crippen MR) is 120 cm³/mol. The van der Waals surface area contributed by atoms with E-state index in [1.54, 1.807) is 44.2 Å². The third-order valence-electron chi connectivity index (χ3n) is 5.03. The zero-order valence-corrected chi connectivity index (χ0v) is 19.2. The van der Waals surface area contributed by atoms with Gasteiger partial charge in [-0.25, -0.2) is 17.6 Å². The number of rotatable bonds is 10. The van der Waals surface area contributed by atoms with Crippen LogP contribution in [0.1, 0.15) is 31.0 Å². The van der Waals surface area contributed by atoms with Gasteiger partial charge in [0.15, 0.2) is 0 Å². The van der Waals surface area contributed by atoms with Crippen LogP contribution in [-0.2, 0) is 16.6 Å². The van der Waals surface area contributed by atoms with Gasteiger partial charge in [-0.15, -0.1) is 0 Å². The van der Waals surface area contributed by atoms with Crippen LogP contribution in [0.2, 0.25) is 0 Å². The molecule has 2 rings (SSSR count). The molecule has 0 aromatic heterocycles. The van der Waals surface area contributed by atoms with E-state index < -0.39 is 10.0 Å². The summed E-state index contributed by atoms with van der Waals surface area (Å²) in [5, 5.41) is 5.56. The van der Waals surface area contributed by atoms with E-state index in [9.17, 15) is 17.6 Å². The topological polar surface area (TPSA) is 81.8 Å². The van der Waals surface area contributed by atoms with Crippen molar-refractivity contribution >= 4 is 16.1 Å². The Balaban J connectivity index is 1.92. The molecule has 0 fully saturated rings. The summed E-state index contributed by atoms with van der Waals surface area (Å²) in [5.41, 5.74) is 1.55. The van der Waals surface area contributed by atoms with E-state index in [0.717, 1.165) is 11.1 Å². The predicted octanol–water partition coefficient (Wildman–Crippen LogP) is 2.96. The van der Waals surface area contributed by atoms with Crippen molar-refractivity contribution < 1.29 is 17.6 Å². The highest BCUT2D eigenvalue weighted by Crippen LogP contribution is 2.18. The number of halogens is 1. The summed E-state index contributed by atoms with van der Waals surface area (Å²) in [6, 6.07) is 12.2. The lowest BCUT2D eigenvalue weighted by atomic mass is 10.1. The first-order valence-electron chi connectivity index (χ1n) is 10.2. The molecule has 0 aliphatic rings. The maximum atomic E-state index is 13.5. The SMILES string of the molecule is CCN(CC)S(=O)(=O)c1ccc(CNC(=O)NCC(c2cccc(F)c2)N(C)C)cc1. The molecule has 1 atom stereocenters. The summed E-state index contributed by atoms with van der Waals surface area (Å²) in [4.78, 5) is 14.4. The Hall–Kier alpha value is -2.49. The quantitative estimate of drug-likeness (QED) is 0.583. The first-order chi connectivity index (χ1) is 14.7. The average molecular weight is 451 g/mol. The molecular formula is C22H31FN4O3S. The summed E-state index contributed by atoms with van der Waals surface area (Å²) in [7, 11) is 0.225. The average Bonchev–Trinajstić information content (AvgIpc) is 2.73. The van der Waals surface area contributed by atoms with Gasteiger partial charge in [0.2, 0.25) is 10.0 Å². The van der Waals surface area contributed by atoms with Crippen LogP contribution in [0, 0.1) is 5.82 Å². The molecule has 0 saturated heterocycles. The summed E-state index contributed by atoms with van der Waals surface area (Å²) >= 11 is 0. The lowest BCUT2D eigenvalue weighted by molar-refractivity contribution is 0.232. The highest BCUT2D eigenvalue weighted by atomic mass is 32.2. The fraction of sp³-hybridized carbons (Fsp3) is 0.409. The molecule has 31 heavy (non-hydrogen) atoms. The van der Waals surface area contributed by atoms with Crippen molar-refractivity contribution in [3.8, 4) is 0 Å². The maximum absolute atomic E-state index is 13.5. The molecule has 2 aromatic carbocycles. The molecule has 2 N–H and O–H groups in total. The lowest BCUT2D eigenvalue weighted by Crippen LogP contribution is -2.40. The van der Waals surface area contributed by atoms with E-state index in [-0.39, 0.29) is 29.3 Å². The number of sulfonamides is 1. The molecule has 2 aromatic rings. The van der Waals surface area contributed by atoms with Gasteiger partial charge in [-0.3, -0.25) is 0 Å². The lowest BCUT2D eigenvalue weighted by Gasteiger charge is -2.25. The number of hydrogen-bond acceptors (Lipinski definition) is 4. The van der Waals surface area contributed by atoms with E-state index in [1.807, 2.05) is 25.1 Å². The monoisotopic (exact) mass is 450 g/mol. The molecule has 7 nitrogen and oxygen atoms in total. The Morgan fingerprint density at radius 3 is 2.23 bits per heavy atom. The number of hydrogen-bond donors (Lipinski definition) is 2. The zero-order chi connectivity index (χ0) is 23.0. The second kappa shape index (κ2) is 11.2. The van der Waals surface area contributed by atoms with Crippen LogP contribution >= 0.6 is 0 Å². The molecule has 0 heterocycles. The van der Waals surface area contributed by atoms with Crippen LogP contribution in [0.3, 0.4) is 0 Å². The molecule has 0 spiro atoms. The van der Waals surface area contributed by atoms with Crippen molar-refractivity contribution in [2.75, 3.05) is 33.7 Å². The molecule has 0 aliphatic carbocycles. The molecule has 2 amide bonds. The second-order valence-electron chi connectivity index (χ2n) is 7.33. The summed E-state index contributed by atoms with van der Waals surface area (Å²) < 4.78 is 40.0. The number of carbonyl (C=O) groups excluding carboxylic acids is 1. The number of amides is 2. The van der Waals surface area contributed by atoms with Gasteiger partial charge in [-0.05, 0) is 49.5 Å². The van der Waals surface area contributed by atoms with Crippen LogP contribution < -0.4 is 10.6 Å². The Labute approximate surface area is 184 Å².